The summed E-state index contributed by atoms with van der Waals surface area (Å²) in [5, 5.41) is 9.31. The quantitative estimate of drug-likeness (QED) is 0.750. The fourth-order valence-electron chi connectivity index (χ4n) is 1.85. The number of rotatable bonds is 8. The van der Waals surface area contributed by atoms with Gasteiger partial charge in [0.15, 0.2) is 5.13 Å². The SMILES string of the molecule is CCOC(=O)CCc1csc(NC(CC)c2nccs2)n1. The highest BCUT2D eigenvalue weighted by molar-refractivity contribution is 7.13. The van der Waals surface area contributed by atoms with Crippen molar-refractivity contribution in [3.8, 4) is 0 Å². The second-order valence-corrected chi connectivity index (χ2v) is 6.21. The molecule has 0 radical (unpaired) electrons. The number of thiazole rings is 2. The highest BCUT2D eigenvalue weighted by atomic mass is 32.1. The van der Waals surface area contributed by atoms with Gasteiger partial charge in [0.05, 0.1) is 24.8 Å². The first kappa shape index (κ1) is 15.9. The van der Waals surface area contributed by atoms with Crippen LogP contribution in [-0.2, 0) is 16.0 Å². The molecule has 0 bridgehead atoms. The summed E-state index contributed by atoms with van der Waals surface area (Å²) < 4.78 is 4.92. The Morgan fingerprint density at radius 3 is 2.95 bits per heavy atom. The van der Waals surface area contributed by atoms with Crippen LogP contribution in [0.15, 0.2) is 17.0 Å². The van der Waals surface area contributed by atoms with Gasteiger partial charge in [0.25, 0.3) is 0 Å². The summed E-state index contributed by atoms with van der Waals surface area (Å²) in [6.45, 7) is 4.36. The van der Waals surface area contributed by atoms with Crippen molar-refractivity contribution in [2.45, 2.75) is 39.2 Å². The molecule has 0 aromatic carbocycles. The molecule has 0 saturated carbocycles. The molecule has 2 heterocycles. The second kappa shape index (κ2) is 8.09. The maximum Gasteiger partial charge on any atom is 0.306 e. The predicted molar refractivity (Wildman–Crippen MR) is 85.8 cm³/mol. The lowest BCUT2D eigenvalue weighted by Gasteiger charge is -2.12. The van der Waals surface area contributed by atoms with Gasteiger partial charge < -0.3 is 10.1 Å². The lowest BCUT2D eigenvalue weighted by molar-refractivity contribution is -0.143. The molecule has 21 heavy (non-hydrogen) atoms. The van der Waals surface area contributed by atoms with E-state index in [0.29, 0.717) is 19.4 Å². The Morgan fingerprint density at radius 1 is 1.43 bits per heavy atom. The van der Waals surface area contributed by atoms with E-state index in [0.717, 1.165) is 22.3 Å². The number of ether oxygens (including phenoxy) is 1. The van der Waals surface area contributed by atoms with Crippen molar-refractivity contribution in [3.63, 3.8) is 0 Å². The summed E-state index contributed by atoms with van der Waals surface area (Å²) in [4.78, 5) is 20.2. The van der Waals surface area contributed by atoms with Crippen LogP contribution in [0.25, 0.3) is 0 Å². The molecule has 0 aliphatic carbocycles. The maximum absolute atomic E-state index is 11.3. The molecule has 0 saturated heterocycles. The van der Waals surface area contributed by atoms with Crippen molar-refractivity contribution >= 4 is 33.8 Å². The molecule has 1 unspecified atom stereocenters. The van der Waals surface area contributed by atoms with Crippen LogP contribution in [0.3, 0.4) is 0 Å². The van der Waals surface area contributed by atoms with Crippen molar-refractivity contribution in [1.82, 2.24) is 9.97 Å². The Bertz CT molecular complexity index is 554. The number of aromatic nitrogens is 2. The van der Waals surface area contributed by atoms with Crippen LogP contribution in [0.2, 0.25) is 0 Å². The van der Waals surface area contributed by atoms with Crippen molar-refractivity contribution in [2.75, 3.05) is 11.9 Å². The van der Waals surface area contributed by atoms with Gasteiger partial charge in [-0.2, -0.15) is 0 Å². The predicted octanol–water partition coefficient (Wildman–Crippen LogP) is 3.66. The van der Waals surface area contributed by atoms with Crippen LogP contribution < -0.4 is 5.32 Å². The average Bonchev–Trinajstić information content (AvgIpc) is 3.14. The largest absolute Gasteiger partial charge is 0.466 e. The standard InChI is InChI=1S/C14H19N3O2S2/c1-3-11(13-15-7-8-20-13)17-14-16-10(9-21-14)5-6-12(18)19-4-2/h7-9,11H,3-6H2,1-2H3,(H,16,17). The van der Waals surface area contributed by atoms with E-state index in [2.05, 4.69) is 22.2 Å². The molecule has 5 nitrogen and oxygen atoms in total. The lowest BCUT2D eigenvalue weighted by Crippen LogP contribution is -2.09. The Labute approximate surface area is 132 Å². The molecular formula is C14H19N3O2S2. The second-order valence-electron chi connectivity index (χ2n) is 4.42. The first-order chi connectivity index (χ1) is 10.2. The van der Waals surface area contributed by atoms with Crippen LogP contribution in [0, 0.1) is 0 Å². The summed E-state index contributed by atoms with van der Waals surface area (Å²) in [6, 6.07) is 0.189. The number of hydrogen-bond acceptors (Lipinski definition) is 7. The molecule has 2 rings (SSSR count). The topological polar surface area (TPSA) is 64.1 Å². The smallest absolute Gasteiger partial charge is 0.306 e. The van der Waals surface area contributed by atoms with E-state index in [1.165, 1.54) is 0 Å². The molecule has 0 aliphatic heterocycles. The third-order valence-corrected chi connectivity index (χ3v) is 4.61. The molecule has 114 valence electrons. The zero-order chi connectivity index (χ0) is 15.1. The van der Waals surface area contributed by atoms with Crippen molar-refractivity contribution in [3.05, 3.63) is 27.7 Å². The van der Waals surface area contributed by atoms with Gasteiger partial charge in [0, 0.05) is 23.4 Å². The fourth-order valence-corrected chi connectivity index (χ4v) is 3.42. The summed E-state index contributed by atoms with van der Waals surface area (Å²) in [6.07, 6.45) is 3.76. The third-order valence-electron chi connectivity index (χ3n) is 2.90. The average molecular weight is 325 g/mol. The summed E-state index contributed by atoms with van der Waals surface area (Å²) in [5.41, 5.74) is 0.921. The first-order valence-corrected chi connectivity index (χ1v) is 8.74. The number of esters is 1. The van der Waals surface area contributed by atoms with Crippen molar-refractivity contribution in [2.24, 2.45) is 0 Å². The van der Waals surface area contributed by atoms with Crippen LogP contribution in [0.1, 0.15) is 43.4 Å². The van der Waals surface area contributed by atoms with E-state index >= 15 is 0 Å². The fraction of sp³-hybridized carbons (Fsp3) is 0.500. The Hall–Kier alpha value is -1.47. The molecule has 1 atom stereocenters. The molecule has 7 heteroatoms. The van der Waals surface area contributed by atoms with Gasteiger partial charge in [-0.15, -0.1) is 22.7 Å². The Balaban J connectivity index is 1.89. The number of anilines is 1. The minimum Gasteiger partial charge on any atom is -0.466 e. The highest BCUT2D eigenvalue weighted by Gasteiger charge is 2.14. The van der Waals surface area contributed by atoms with E-state index in [9.17, 15) is 4.79 Å². The molecule has 2 aromatic heterocycles. The molecule has 0 amide bonds. The zero-order valence-electron chi connectivity index (χ0n) is 12.2. The maximum atomic E-state index is 11.3. The minimum atomic E-state index is -0.172. The van der Waals surface area contributed by atoms with Crippen LogP contribution in [0.4, 0.5) is 5.13 Å². The molecule has 1 N–H and O–H groups in total. The molecule has 0 fully saturated rings. The van der Waals surface area contributed by atoms with E-state index in [1.54, 1.807) is 22.7 Å². The van der Waals surface area contributed by atoms with Crippen LogP contribution in [0.5, 0.6) is 0 Å². The summed E-state index contributed by atoms with van der Waals surface area (Å²) >= 11 is 3.20. The number of nitrogens with one attached hydrogen (secondary N) is 1. The normalized spacial score (nSPS) is 12.1. The summed E-state index contributed by atoms with van der Waals surface area (Å²) in [7, 11) is 0. The molecular weight excluding hydrogens is 306 g/mol. The van der Waals surface area contributed by atoms with E-state index in [4.69, 9.17) is 4.74 Å². The van der Waals surface area contributed by atoms with E-state index in [1.807, 2.05) is 23.9 Å². The molecule has 0 spiro atoms. The van der Waals surface area contributed by atoms with Gasteiger partial charge in [0.1, 0.15) is 5.01 Å². The summed E-state index contributed by atoms with van der Waals surface area (Å²) in [5.74, 6) is -0.172. The number of hydrogen-bond donors (Lipinski definition) is 1. The van der Waals surface area contributed by atoms with Crippen molar-refractivity contribution in [1.29, 1.82) is 0 Å². The third kappa shape index (κ3) is 4.78. The van der Waals surface area contributed by atoms with Gasteiger partial charge in [-0.3, -0.25) is 4.79 Å². The number of nitrogens with zero attached hydrogens (tertiary/aromatic N) is 2. The number of aryl methyl sites for hydroxylation is 1. The van der Waals surface area contributed by atoms with E-state index < -0.39 is 0 Å². The van der Waals surface area contributed by atoms with Gasteiger partial charge in [-0.1, -0.05) is 6.92 Å². The van der Waals surface area contributed by atoms with Crippen LogP contribution in [-0.4, -0.2) is 22.5 Å². The first-order valence-electron chi connectivity index (χ1n) is 6.98. The van der Waals surface area contributed by atoms with Gasteiger partial charge in [-0.05, 0) is 13.3 Å². The van der Waals surface area contributed by atoms with Crippen molar-refractivity contribution < 1.29 is 9.53 Å². The molecule has 2 aromatic rings. The van der Waals surface area contributed by atoms with Gasteiger partial charge in [-0.25, -0.2) is 9.97 Å². The van der Waals surface area contributed by atoms with Gasteiger partial charge >= 0.3 is 5.97 Å². The van der Waals surface area contributed by atoms with Gasteiger partial charge in [0.2, 0.25) is 0 Å². The monoisotopic (exact) mass is 325 g/mol. The number of carbonyl (C=O) groups excluding carboxylic acids is 1. The Kier molecular flexibility index (Phi) is 6.13. The highest BCUT2D eigenvalue weighted by Crippen LogP contribution is 2.26. The number of carbonyl (C=O) groups is 1. The Morgan fingerprint density at radius 2 is 2.29 bits per heavy atom. The molecule has 0 aliphatic rings. The zero-order valence-corrected chi connectivity index (χ0v) is 13.8. The van der Waals surface area contributed by atoms with Crippen LogP contribution >= 0.6 is 22.7 Å². The minimum absolute atomic E-state index is 0.172. The lowest BCUT2D eigenvalue weighted by atomic mass is 10.2. The van der Waals surface area contributed by atoms with E-state index in [-0.39, 0.29) is 12.0 Å².